The molecule has 0 saturated carbocycles. The Labute approximate surface area is 109 Å². The zero-order valence-corrected chi connectivity index (χ0v) is 11.5. The molecule has 1 aromatic rings. The second kappa shape index (κ2) is 8.69. The number of hydrogen-bond donors (Lipinski definition) is 1. The first-order valence-electron chi connectivity index (χ1n) is 6.47. The van der Waals surface area contributed by atoms with Gasteiger partial charge in [-0.05, 0) is 19.8 Å². The molecule has 0 saturated heterocycles. The van der Waals surface area contributed by atoms with Gasteiger partial charge in [-0.25, -0.2) is 4.98 Å². The van der Waals surface area contributed by atoms with Crippen LogP contribution < -0.4 is 10.1 Å². The molecule has 1 N–H and O–H groups in total. The lowest BCUT2D eigenvalue weighted by molar-refractivity contribution is 0.131. The molecule has 5 nitrogen and oxygen atoms in total. The highest BCUT2D eigenvalue weighted by molar-refractivity contribution is 5.38. The van der Waals surface area contributed by atoms with Crippen LogP contribution in [0, 0.1) is 6.92 Å². The quantitative estimate of drug-likeness (QED) is 0.685. The molecule has 1 rings (SSSR count). The minimum Gasteiger partial charge on any atom is -0.481 e. The van der Waals surface area contributed by atoms with Crippen molar-refractivity contribution in [3.63, 3.8) is 0 Å². The zero-order chi connectivity index (χ0) is 13.2. The Morgan fingerprint density at radius 3 is 2.72 bits per heavy atom. The lowest BCUT2D eigenvalue weighted by Gasteiger charge is -2.08. The van der Waals surface area contributed by atoms with E-state index in [9.17, 15) is 0 Å². The Bertz CT molecular complexity index is 345. The maximum Gasteiger partial charge on any atom is 0.218 e. The largest absolute Gasteiger partial charge is 0.481 e. The van der Waals surface area contributed by atoms with Gasteiger partial charge < -0.3 is 14.8 Å². The van der Waals surface area contributed by atoms with E-state index >= 15 is 0 Å². The van der Waals surface area contributed by atoms with Gasteiger partial charge >= 0.3 is 0 Å². The molecule has 0 spiro atoms. The first-order chi connectivity index (χ1) is 8.76. The Kier molecular flexibility index (Phi) is 7.10. The molecule has 0 aliphatic carbocycles. The highest BCUT2D eigenvalue weighted by Crippen LogP contribution is 2.12. The fraction of sp³-hybridized carbons (Fsp3) is 0.692. The minimum absolute atomic E-state index is 0.587. The summed E-state index contributed by atoms with van der Waals surface area (Å²) in [5.74, 6) is 2.09. The van der Waals surface area contributed by atoms with E-state index in [4.69, 9.17) is 9.47 Å². The second-order valence-electron chi connectivity index (χ2n) is 4.09. The lowest BCUT2D eigenvalue weighted by Crippen LogP contribution is -2.08. The number of methoxy groups -OCH3 is 1. The molecule has 18 heavy (non-hydrogen) atoms. The van der Waals surface area contributed by atoms with Crippen LogP contribution >= 0.6 is 0 Å². The number of aryl methyl sites for hydroxylation is 1. The highest BCUT2D eigenvalue weighted by Gasteiger charge is 2.00. The summed E-state index contributed by atoms with van der Waals surface area (Å²) < 4.78 is 10.6. The van der Waals surface area contributed by atoms with Crippen LogP contribution in [0.15, 0.2) is 6.07 Å². The van der Waals surface area contributed by atoms with Crippen LogP contribution in [0.2, 0.25) is 0 Å². The molecule has 0 fully saturated rings. The summed E-state index contributed by atoms with van der Waals surface area (Å²) in [4.78, 5) is 8.42. The van der Waals surface area contributed by atoms with Gasteiger partial charge in [0.15, 0.2) is 0 Å². The fourth-order valence-corrected chi connectivity index (χ4v) is 1.47. The van der Waals surface area contributed by atoms with Crippen molar-refractivity contribution in [3.05, 3.63) is 11.9 Å². The molecule has 1 heterocycles. The number of nitrogens with one attached hydrogen (secondary N) is 1. The summed E-state index contributed by atoms with van der Waals surface area (Å²) in [5, 5.41) is 3.24. The van der Waals surface area contributed by atoms with Crippen molar-refractivity contribution in [3.8, 4) is 5.88 Å². The Morgan fingerprint density at radius 2 is 2.00 bits per heavy atom. The molecule has 0 aliphatic rings. The molecule has 5 heteroatoms. The molecule has 0 aliphatic heterocycles. The summed E-state index contributed by atoms with van der Waals surface area (Å²) in [6, 6.07) is 1.80. The average molecular weight is 253 g/mol. The molecular weight excluding hydrogens is 230 g/mol. The summed E-state index contributed by atoms with van der Waals surface area (Å²) in [6.45, 7) is 6.49. The normalized spacial score (nSPS) is 10.4. The van der Waals surface area contributed by atoms with Crippen molar-refractivity contribution in [1.82, 2.24) is 9.97 Å². The van der Waals surface area contributed by atoms with Gasteiger partial charge in [-0.15, -0.1) is 0 Å². The smallest absolute Gasteiger partial charge is 0.218 e. The number of ether oxygens (including phenoxy) is 2. The van der Waals surface area contributed by atoms with Gasteiger partial charge in [-0.2, -0.15) is 4.98 Å². The predicted molar refractivity (Wildman–Crippen MR) is 72.2 cm³/mol. The van der Waals surface area contributed by atoms with Crippen molar-refractivity contribution in [2.24, 2.45) is 0 Å². The van der Waals surface area contributed by atoms with Crippen LogP contribution in [0.4, 0.5) is 5.82 Å². The van der Waals surface area contributed by atoms with Crippen LogP contribution in [-0.2, 0) is 4.74 Å². The lowest BCUT2D eigenvalue weighted by atomic mass is 10.3. The van der Waals surface area contributed by atoms with Crippen molar-refractivity contribution in [2.45, 2.75) is 33.1 Å². The number of aromatic nitrogens is 2. The van der Waals surface area contributed by atoms with E-state index in [0.717, 1.165) is 38.4 Å². The molecule has 0 radical (unpaired) electrons. The first-order valence-corrected chi connectivity index (χ1v) is 6.47. The number of rotatable bonds is 9. The van der Waals surface area contributed by atoms with Crippen molar-refractivity contribution < 1.29 is 9.47 Å². The molecule has 0 atom stereocenters. The van der Waals surface area contributed by atoms with Gasteiger partial charge in [0.1, 0.15) is 11.6 Å². The number of nitrogens with zero attached hydrogens (tertiary/aromatic N) is 2. The molecule has 102 valence electrons. The van der Waals surface area contributed by atoms with E-state index < -0.39 is 0 Å². The molecule has 0 aromatic carbocycles. The van der Waals surface area contributed by atoms with Gasteiger partial charge in [0.05, 0.1) is 7.11 Å². The maximum absolute atomic E-state index is 5.48. The monoisotopic (exact) mass is 253 g/mol. The van der Waals surface area contributed by atoms with Crippen molar-refractivity contribution >= 4 is 5.82 Å². The molecular formula is C13H23N3O2. The van der Waals surface area contributed by atoms with E-state index in [1.54, 1.807) is 13.2 Å². The van der Waals surface area contributed by atoms with E-state index in [2.05, 4.69) is 22.2 Å². The van der Waals surface area contributed by atoms with E-state index in [1.807, 2.05) is 6.92 Å². The number of hydrogen-bond acceptors (Lipinski definition) is 5. The maximum atomic E-state index is 5.48. The molecule has 1 aromatic heterocycles. The van der Waals surface area contributed by atoms with E-state index in [-0.39, 0.29) is 0 Å². The standard InChI is InChI=1S/C13H23N3O2/c1-4-5-8-18-9-6-7-14-12-10-13(17-3)16-11(2)15-12/h10H,4-9H2,1-3H3,(H,14,15,16). The van der Waals surface area contributed by atoms with Crippen LogP contribution in [0.25, 0.3) is 0 Å². The van der Waals surface area contributed by atoms with Gasteiger partial charge in [0, 0.05) is 25.8 Å². The van der Waals surface area contributed by atoms with Gasteiger partial charge in [0.25, 0.3) is 0 Å². The van der Waals surface area contributed by atoms with Gasteiger partial charge in [-0.1, -0.05) is 13.3 Å². The number of anilines is 1. The second-order valence-corrected chi connectivity index (χ2v) is 4.09. The summed E-state index contributed by atoms with van der Waals surface area (Å²) in [5.41, 5.74) is 0. The first kappa shape index (κ1) is 14.7. The van der Waals surface area contributed by atoms with Crippen molar-refractivity contribution in [1.29, 1.82) is 0 Å². The Balaban J connectivity index is 2.20. The van der Waals surface area contributed by atoms with Crippen LogP contribution in [0.1, 0.15) is 32.0 Å². The summed E-state index contributed by atoms with van der Waals surface area (Å²) in [6.07, 6.45) is 3.28. The van der Waals surface area contributed by atoms with Crippen LogP contribution in [-0.4, -0.2) is 36.8 Å². The zero-order valence-electron chi connectivity index (χ0n) is 11.5. The SMILES string of the molecule is CCCCOCCCNc1cc(OC)nc(C)n1. The average Bonchev–Trinajstić information content (AvgIpc) is 2.37. The molecule has 0 amide bonds. The van der Waals surface area contributed by atoms with Crippen molar-refractivity contribution in [2.75, 3.05) is 32.2 Å². The van der Waals surface area contributed by atoms with E-state index in [0.29, 0.717) is 11.7 Å². The van der Waals surface area contributed by atoms with Crippen LogP contribution in [0.3, 0.4) is 0 Å². The number of unbranched alkanes of at least 4 members (excludes halogenated alkanes) is 1. The van der Waals surface area contributed by atoms with Gasteiger partial charge in [0.2, 0.25) is 5.88 Å². The third-order valence-electron chi connectivity index (χ3n) is 2.44. The summed E-state index contributed by atoms with van der Waals surface area (Å²) in [7, 11) is 1.60. The minimum atomic E-state index is 0.587. The Hall–Kier alpha value is -1.36. The molecule has 0 unspecified atom stereocenters. The van der Waals surface area contributed by atoms with Gasteiger partial charge in [-0.3, -0.25) is 0 Å². The highest BCUT2D eigenvalue weighted by atomic mass is 16.5. The topological polar surface area (TPSA) is 56.3 Å². The summed E-state index contributed by atoms with van der Waals surface area (Å²) >= 11 is 0. The predicted octanol–water partition coefficient (Wildman–Crippen LogP) is 2.41. The molecule has 0 bridgehead atoms. The van der Waals surface area contributed by atoms with E-state index in [1.165, 1.54) is 6.42 Å². The Morgan fingerprint density at radius 1 is 1.22 bits per heavy atom. The van der Waals surface area contributed by atoms with Crippen LogP contribution in [0.5, 0.6) is 5.88 Å². The fourth-order valence-electron chi connectivity index (χ4n) is 1.47. The third-order valence-corrected chi connectivity index (χ3v) is 2.44. The third kappa shape index (κ3) is 5.82.